The third kappa shape index (κ3) is 2.94. The highest BCUT2D eigenvalue weighted by Gasteiger charge is 2.08. The summed E-state index contributed by atoms with van der Waals surface area (Å²) in [5.41, 5.74) is 5.58. The summed E-state index contributed by atoms with van der Waals surface area (Å²) in [7, 11) is 1.41. The molecule has 2 rings (SSSR count). The second-order valence-corrected chi connectivity index (χ2v) is 5.83. The van der Waals surface area contributed by atoms with Gasteiger partial charge in [-0.15, -0.1) is 22.7 Å². The van der Waals surface area contributed by atoms with E-state index in [0.717, 1.165) is 4.88 Å². The molecule has 0 bridgehead atoms. The molecule has 90 valence electrons. The number of thiophene rings is 2. The summed E-state index contributed by atoms with van der Waals surface area (Å²) in [4.78, 5) is 15.7. The minimum Gasteiger partial charge on any atom is -0.469 e. The molecule has 0 atom stereocenters. The molecule has 5 heteroatoms. The molecule has 0 saturated heterocycles. The van der Waals surface area contributed by atoms with Gasteiger partial charge in [-0.05, 0) is 24.3 Å². The van der Waals surface area contributed by atoms with Crippen molar-refractivity contribution in [2.45, 2.75) is 13.0 Å². The summed E-state index contributed by atoms with van der Waals surface area (Å²) < 4.78 is 4.64. The number of hydrogen-bond acceptors (Lipinski definition) is 5. The van der Waals surface area contributed by atoms with E-state index >= 15 is 0 Å². The van der Waals surface area contributed by atoms with E-state index in [1.165, 1.54) is 21.7 Å². The molecule has 2 aromatic heterocycles. The Morgan fingerprint density at radius 3 is 2.29 bits per heavy atom. The largest absolute Gasteiger partial charge is 0.469 e. The fraction of sp³-hybridized carbons (Fsp3) is 0.250. The second-order valence-electron chi connectivity index (χ2n) is 3.49. The van der Waals surface area contributed by atoms with E-state index < -0.39 is 0 Å². The lowest BCUT2D eigenvalue weighted by molar-refractivity contribution is -0.139. The van der Waals surface area contributed by atoms with Crippen LogP contribution in [0.2, 0.25) is 0 Å². The minimum atomic E-state index is -0.202. The summed E-state index contributed by atoms with van der Waals surface area (Å²) in [6.45, 7) is 0.574. The monoisotopic (exact) mass is 267 g/mol. The third-order valence-corrected chi connectivity index (χ3v) is 4.70. The lowest BCUT2D eigenvalue weighted by Gasteiger charge is -1.94. The molecule has 2 heterocycles. The van der Waals surface area contributed by atoms with Crippen LogP contribution in [0.1, 0.15) is 9.75 Å². The zero-order valence-electron chi connectivity index (χ0n) is 9.43. The van der Waals surface area contributed by atoms with E-state index in [4.69, 9.17) is 5.73 Å². The number of methoxy groups -OCH3 is 1. The molecule has 0 aliphatic heterocycles. The van der Waals surface area contributed by atoms with Crippen LogP contribution in [-0.2, 0) is 22.5 Å². The van der Waals surface area contributed by atoms with E-state index in [0.29, 0.717) is 13.0 Å². The minimum absolute atomic E-state index is 0.202. The summed E-state index contributed by atoms with van der Waals surface area (Å²) in [5.74, 6) is -0.202. The average Bonchev–Trinajstić information content (AvgIpc) is 2.96. The highest BCUT2D eigenvalue weighted by Crippen LogP contribution is 2.33. The molecule has 0 unspecified atom stereocenters. The van der Waals surface area contributed by atoms with Crippen molar-refractivity contribution in [3.05, 3.63) is 34.0 Å². The van der Waals surface area contributed by atoms with Gasteiger partial charge in [0.25, 0.3) is 0 Å². The number of esters is 1. The highest BCUT2D eigenvalue weighted by molar-refractivity contribution is 7.22. The van der Waals surface area contributed by atoms with Crippen LogP contribution >= 0.6 is 22.7 Å². The first-order chi connectivity index (χ1) is 8.22. The van der Waals surface area contributed by atoms with Gasteiger partial charge >= 0.3 is 5.97 Å². The molecular weight excluding hydrogens is 254 g/mol. The van der Waals surface area contributed by atoms with E-state index in [-0.39, 0.29) is 5.97 Å². The van der Waals surface area contributed by atoms with Gasteiger partial charge in [-0.2, -0.15) is 0 Å². The average molecular weight is 267 g/mol. The predicted molar refractivity (Wildman–Crippen MR) is 71.2 cm³/mol. The summed E-state index contributed by atoms with van der Waals surface area (Å²) in [6.07, 6.45) is 0.344. The maximum Gasteiger partial charge on any atom is 0.310 e. The van der Waals surface area contributed by atoms with E-state index in [1.807, 2.05) is 18.2 Å². The Morgan fingerprint density at radius 1 is 1.18 bits per heavy atom. The Hall–Kier alpha value is -1.17. The third-order valence-electron chi connectivity index (χ3n) is 2.31. The van der Waals surface area contributed by atoms with Crippen LogP contribution in [-0.4, -0.2) is 13.1 Å². The van der Waals surface area contributed by atoms with Gasteiger partial charge in [-0.25, -0.2) is 0 Å². The molecule has 0 amide bonds. The van der Waals surface area contributed by atoms with Crippen molar-refractivity contribution < 1.29 is 9.53 Å². The van der Waals surface area contributed by atoms with Crippen molar-refractivity contribution in [1.29, 1.82) is 0 Å². The SMILES string of the molecule is COC(=O)Cc1ccc(-c2ccc(CN)s2)s1. The number of carbonyl (C=O) groups is 1. The molecule has 17 heavy (non-hydrogen) atoms. The molecule has 3 nitrogen and oxygen atoms in total. The van der Waals surface area contributed by atoms with Gasteiger partial charge in [-0.1, -0.05) is 0 Å². The van der Waals surface area contributed by atoms with Crippen LogP contribution < -0.4 is 5.73 Å². The van der Waals surface area contributed by atoms with Crippen molar-refractivity contribution in [3.63, 3.8) is 0 Å². The van der Waals surface area contributed by atoms with Gasteiger partial charge in [0.1, 0.15) is 0 Å². The maximum absolute atomic E-state index is 11.1. The van der Waals surface area contributed by atoms with Crippen molar-refractivity contribution in [2.75, 3.05) is 7.11 Å². The topological polar surface area (TPSA) is 52.3 Å². The van der Waals surface area contributed by atoms with Crippen LogP contribution in [0.4, 0.5) is 0 Å². The predicted octanol–water partition coefficient (Wildman–Crippen LogP) is 2.65. The number of carbonyl (C=O) groups excluding carboxylic acids is 1. The first kappa shape index (κ1) is 12.3. The van der Waals surface area contributed by atoms with Crippen LogP contribution in [0.5, 0.6) is 0 Å². The highest BCUT2D eigenvalue weighted by atomic mass is 32.1. The number of rotatable bonds is 4. The van der Waals surface area contributed by atoms with Crippen LogP contribution in [0.25, 0.3) is 9.75 Å². The molecule has 2 N–H and O–H groups in total. The van der Waals surface area contributed by atoms with Crippen molar-refractivity contribution in [3.8, 4) is 9.75 Å². The number of ether oxygens (including phenoxy) is 1. The first-order valence-electron chi connectivity index (χ1n) is 5.17. The van der Waals surface area contributed by atoms with Crippen molar-refractivity contribution >= 4 is 28.6 Å². The van der Waals surface area contributed by atoms with Gasteiger partial charge in [-0.3, -0.25) is 4.79 Å². The first-order valence-corrected chi connectivity index (χ1v) is 6.81. The molecule has 0 aromatic carbocycles. The lowest BCUT2D eigenvalue weighted by Crippen LogP contribution is -2.02. The zero-order chi connectivity index (χ0) is 12.3. The summed E-state index contributed by atoms with van der Waals surface area (Å²) in [5, 5.41) is 0. The van der Waals surface area contributed by atoms with Crippen LogP contribution in [0.15, 0.2) is 24.3 Å². The van der Waals surface area contributed by atoms with Gasteiger partial charge in [0.05, 0.1) is 13.5 Å². The molecule has 0 radical (unpaired) electrons. The molecule has 0 fully saturated rings. The molecule has 0 aliphatic carbocycles. The fourth-order valence-electron chi connectivity index (χ4n) is 1.44. The Bertz CT molecular complexity index is 516. The van der Waals surface area contributed by atoms with Crippen LogP contribution in [0.3, 0.4) is 0 Å². The van der Waals surface area contributed by atoms with Gasteiger partial charge in [0, 0.05) is 26.1 Å². The summed E-state index contributed by atoms with van der Waals surface area (Å²) in [6, 6.07) is 8.12. The maximum atomic E-state index is 11.1. The Balaban J connectivity index is 2.14. The zero-order valence-corrected chi connectivity index (χ0v) is 11.1. The summed E-state index contributed by atoms with van der Waals surface area (Å²) >= 11 is 3.32. The van der Waals surface area contributed by atoms with Gasteiger partial charge < -0.3 is 10.5 Å². The van der Waals surface area contributed by atoms with Gasteiger partial charge in [0.2, 0.25) is 0 Å². The normalized spacial score (nSPS) is 10.5. The lowest BCUT2D eigenvalue weighted by atomic mass is 10.3. The van der Waals surface area contributed by atoms with E-state index in [9.17, 15) is 4.79 Å². The Labute approximate surface area is 108 Å². The standard InChI is InChI=1S/C12H13NO2S2/c1-15-12(14)6-8-2-4-10(16-8)11-5-3-9(7-13)17-11/h2-5H,6-7,13H2,1H3. The van der Waals surface area contributed by atoms with E-state index in [2.05, 4.69) is 10.8 Å². The Morgan fingerprint density at radius 2 is 1.76 bits per heavy atom. The van der Waals surface area contributed by atoms with E-state index in [1.54, 1.807) is 22.7 Å². The molecule has 0 aliphatic rings. The Kier molecular flexibility index (Phi) is 3.93. The molecular formula is C12H13NO2S2. The molecule has 0 saturated carbocycles. The van der Waals surface area contributed by atoms with Gasteiger partial charge in [0.15, 0.2) is 0 Å². The van der Waals surface area contributed by atoms with Crippen molar-refractivity contribution in [1.82, 2.24) is 0 Å². The number of nitrogens with two attached hydrogens (primary N) is 1. The molecule has 0 spiro atoms. The molecule has 2 aromatic rings. The second kappa shape index (κ2) is 5.44. The smallest absolute Gasteiger partial charge is 0.310 e. The van der Waals surface area contributed by atoms with Crippen molar-refractivity contribution in [2.24, 2.45) is 5.73 Å². The van der Waals surface area contributed by atoms with Crippen LogP contribution in [0, 0.1) is 0 Å². The quantitative estimate of drug-likeness (QED) is 0.866. The number of hydrogen-bond donors (Lipinski definition) is 1. The fourth-order valence-corrected chi connectivity index (χ4v) is 3.41.